The van der Waals surface area contributed by atoms with Crippen LogP contribution in [0.5, 0.6) is 0 Å². The van der Waals surface area contributed by atoms with Crippen LogP contribution in [0.25, 0.3) is 0 Å². The summed E-state index contributed by atoms with van der Waals surface area (Å²) < 4.78 is 153. The van der Waals surface area contributed by atoms with E-state index in [9.17, 15) is 218 Å². The Morgan fingerprint density at radius 1 is 0.369 bits per heavy atom. The number of carboxylic acids is 3. The normalized spacial score (nSPS) is 48.9. The summed E-state index contributed by atoms with van der Waals surface area (Å²) in [6, 6.07) is -5.01. The summed E-state index contributed by atoms with van der Waals surface area (Å²) in [5, 5.41) is 427. The molecule has 864 valence electrons. The third-order valence-electron chi connectivity index (χ3n) is 26.8. The molecule has 71 heteroatoms. The molecule has 0 bridgehead atoms. The number of phosphoric ester groups is 1. The van der Waals surface area contributed by atoms with Gasteiger partial charge in [0.2, 0.25) is 12.0 Å². The van der Waals surface area contributed by atoms with Crippen LogP contribution in [0.4, 0.5) is 0 Å². The molecule has 12 rings (SSSR count). The van der Waals surface area contributed by atoms with Crippen molar-refractivity contribution in [3.8, 4) is 0 Å². The van der Waals surface area contributed by atoms with Crippen LogP contribution in [-0.4, -0.2) is 657 Å². The van der Waals surface area contributed by atoms with E-state index in [-0.39, 0.29) is 0 Å². The average Bonchev–Trinajstić information content (AvgIpc) is 0.737. The molecule has 0 spiro atoms. The van der Waals surface area contributed by atoms with Gasteiger partial charge in [-0.3, -0.25) is 9.05 Å². The summed E-state index contributed by atoms with van der Waals surface area (Å²) in [6.45, 7) is -14.5. The van der Waals surface area contributed by atoms with Crippen molar-refractivity contribution in [1.82, 2.24) is 0 Å². The highest BCUT2D eigenvalue weighted by Crippen LogP contribution is 2.51. The van der Waals surface area contributed by atoms with E-state index in [4.69, 9.17) is 130 Å². The topological polar surface area (TPSA) is 1160 Å². The van der Waals surface area contributed by atoms with Crippen LogP contribution in [-0.2, 0) is 132 Å². The van der Waals surface area contributed by atoms with Crippen molar-refractivity contribution in [1.29, 1.82) is 0 Å². The van der Waals surface area contributed by atoms with Crippen molar-refractivity contribution in [2.24, 2.45) is 17.2 Å². The molecule has 0 aromatic rings. The molecule has 149 heavy (non-hydrogen) atoms. The van der Waals surface area contributed by atoms with E-state index < -0.39 is 484 Å². The fourth-order valence-electron chi connectivity index (χ4n) is 18.2. The van der Waals surface area contributed by atoms with Crippen LogP contribution in [0.2, 0.25) is 0 Å². The second-order valence-corrected chi connectivity index (χ2v) is 38.5. The number of ether oxygens (including phenoxy) is 22. The lowest BCUT2D eigenvalue weighted by molar-refractivity contribution is -0.418. The Hall–Kier alpha value is -4.30. The van der Waals surface area contributed by atoms with Gasteiger partial charge in [-0.25, -0.2) is 18.9 Å². The van der Waals surface area contributed by atoms with Crippen LogP contribution in [0, 0.1) is 0 Å². The lowest BCUT2D eigenvalue weighted by Crippen LogP contribution is -2.71. The molecule has 0 aliphatic carbocycles. The molecule has 70 nitrogen and oxygen atoms in total. The Morgan fingerprint density at radius 3 is 1.37 bits per heavy atom. The van der Waals surface area contributed by atoms with Crippen molar-refractivity contribution in [2.45, 2.75) is 380 Å². The molecule has 0 amide bonds. The standard InChI is InChI=1S/C78H130N3O67P/c79-15-9-125-67(44(108)31(15)95)127-12-24(94)57-60(26(144-78(76(121)122)2-18(88)33(97)55(145-78)21(91)6-84)3-77(146-57,75(119)120)130-14-29-59(147-149(123,124)148-69-45(109)32(96)16(80)10-126-69)36(100)30(81)66(134-29)129-13-28-35(99)37(101)43(107)65(118)131-28)140-73-51(115)62(63(56(138-73)22(92)7-85)143-70-47(111)38(102)34(98)27(8-86)133-70)142-72-50(114)61(49(113)54(137-72)23(93)11-128-68-46(110)39(103)41(105)52(135-68)19(89)4-82)141-74-58(17(87)1-25(132-74)64(116)117)139-71-48(112)40(104)42(106)53(136-71)20(90)5-83/h1,15-24,26-63,65-74,82-115,118H,2-14,79-81H2,(H,116,117)(H,119,120)(H,121,122)(H,123,124)/t15-,16-,17-,18+,19-,20+,21+,22-,23-,24+,26+,27+,28+,29+,30+,31-,32-,33+,34+,35+,36+,37-,38-,39-,40-,41-,42-,43+,44+,45+,46-,47+,48-,49+,50-,51-,52+,53+,54+,55+,56+,57+,58+,59+,60+,61-,62+,63+,65-,66+,67-,68-,69-,70-,71+,72+,73+,74-,77+,78+/m0/s1. The third kappa shape index (κ3) is 26.9. The number of phosphoric acid groups is 1. The fourth-order valence-corrected chi connectivity index (χ4v) is 19.3. The molecule has 11 fully saturated rings. The molecule has 0 saturated carbocycles. The maximum absolute atomic E-state index is 14.9. The largest absolute Gasteiger partial charge is 0.477 e. The molecule has 11 saturated heterocycles. The van der Waals surface area contributed by atoms with E-state index in [1.807, 2.05) is 0 Å². The molecule has 1 unspecified atom stereocenters. The number of hydrogen-bond acceptors (Lipinski definition) is 66. The molecule has 12 heterocycles. The number of carbonyl (C=O) groups is 3. The number of aliphatic hydroxyl groups is 35. The minimum Gasteiger partial charge on any atom is -0.477 e. The van der Waals surface area contributed by atoms with Crippen molar-refractivity contribution in [3.05, 3.63) is 11.8 Å². The summed E-state index contributed by atoms with van der Waals surface area (Å²) in [6.07, 6.45) is -143. The molecular weight excluding hydrogens is 2080 g/mol. The van der Waals surface area contributed by atoms with E-state index in [2.05, 4.69) is 0 Å². The predicted molar refractivity (Wildman–Crippen MR) is 445 cm³/mol. The quantitative estimate of drug-likeness (QED) is 0.0252. The Balaban J connectivity index is 1.00. The lowest BCUT2D eigenvalue weighted by Gasteiger charge is -2.53. The first-order valence-corrected chi connectivity index (χ1v) is 47.6. The summed E-state index contributed by atoms with van der Waals surface area (Å²) in [5.74, 6) is -16.5. The molecule has 0 radical (unpaired) electrons. The van der Waals surface area contributed by atoms with Crippen LogP contribution < -0.4 is 17.2 Å². The molecule has 0 aromatic heterocycles. The van der Waals surface area contributed by atoms with Gasteiger partial charge < -0.3 is 320 Å². The van der Waals surface area contributed by atoms with E-state index in [0.717, 1.165) is 0 Å². The predicted octanol–water partition coefficient (Wildman–Crippen LogP) is -27.5. The molecule has 12 aliphatic rings. The summed E-state index contributed by atoms with van der Waals surface area (Å²) >= 11 is 0. The Bertz CT molecular complexity index is 4300. The van der Waals surface area contributed by atoms with Gasteiger partial charge in [0.05, 0.1) is 103 Å². The molecular formula is C78H130N3O67P. The minimum absolute atomic E-state index is 0.369. The van der Waals surface area contributed by atoms with Crippen LogP contribution >= 0.6 is 7.82 Å². The van der Waals surface area contributed by atoms with Gasteiger partial charge in [-0.1, -0.05) is 0 Å². The monoisotopic (exact) mass is 2210 g/mol. The summed E-state index contributed by atoms with van der Waals surface area (Å²) in [5.41, 5.74) is 18.1. The van der Waals surface area contributed by atoms with Gasteiger partial charge in [0.1, 0.15) is 256 Å². The number of carboxylic acid groups (broad SMARTS) is 3. The Morgan fingerprint density at radius 2 is 0.805 bits per heavy atom. The second-order valence-electron chi connectivity index (χ2n) is 37.1. The maximum atomic E-state index is 14.9. The number of rotatable bonds is 42. The van der Waals surface area contributed by atoms with Crippen LogP contribution in [0.3, 0.4) is 0 Å². The zero-order valence-corrected chi connectivity index (χ0v) is 78.2. The van der Waals surface area contributed by atoms with Gasteiger partial charge in [0.25, 0.3) is 11.6 Å². The number of nitrogens with two attached hydrogens (primary N) is 3. The Labute approximate surface area is 836 Å². The summed E-state index contributed by atoms with van der Waals surface area (Å²) in [4.78, 5) is 53.6. The average molecular weight is 2210 g/mol. The highest BCUT2D eigenvalue weighted by molar-refractivity contribution is 7.47. The Kier molecular flexibility index (Phi) is 42.8. The van der Waals surface area contributed by atoms with Crippen molar-refractivity contribution < 1.29 is 331 Å². The number of hydrogen-bond donors (Lipinski definition) is 42. The van der Waals surface area contributed by atoms with Crippen molar-refractivity contribution in [2.75, 3.05) is 72.7 Å². The highest BCUT2D eigenvalue weighted by atomic mass is 31.2. The molecule has 61 atom stereocenters. The first-order chi connectivity index (χ1) is 69.9. The SMILES string of the molecule is N[C@H]1[C@H](OC[C@H]2O[C@H](O)[C@H](O)[C@@H](O)[C@@H]2O)O[C@H](CO[C@]2(C(=O)O)C[C@@H](O[C@]3(C(=O)O)C[C@@H](O)[C@@H](O)[C@@H]([C@H](O)CO)O3)[C@@H](O[C@H]3O[C@H]([C@@H](O)CO)[C@@H](O[C@@H]4O[C@H](CO)[C@@H](O)[C@H](O)[C@H]4O)[C@H](O[C@H]4O[C@H]([C@@H](O)CO[C@H]5O[C@H]([C@@H](O)CO)[C@@H](O)[C@H](O)[C@@H]5O)[C@@H](O)[C@H](O[C@@H]5OC(C(=O)O)=C[C@H](O)[C@H]5O[C@H]5O[C@H]([C@H](O)CO)[C@@H](O)[C@H](O)[C@@H]5O)[C@@H]4O)[C@@H]3O)[C@@H]([C@H](O)CO[C@@H]3OC[C@H](N)[C@H](O)[C@H]3O)O2)[C@@H](OP(=O)(O)O[C@@H]2OC[C@H](N)[C@H](O)[C@H]2O)[C@@H]1O. The number of aliphatic carboxylic acids is 3. The first-order valence-electron chi connectivity index (χ1n) is 46.1. The van der Waals surface area contributed by atoms with E-state index in [1.54, 1.807) is 0 Å². The van der Waals surface area contributed by atoms with Gasteiger partial charge in [-0.2, -0.15) is 0 Å². The van der Waals surface area contributed by atoms with Gasteiger partial charge in [-0.15, -0.1) is 0 Å². The lowest BCUT2D eigenvalue weighted by atomic mass is 9.89. The molecule has 0 aromatic carbocycles. The minimum atomic E-state index is -6.12. The van der Waals surface area contributed by atoms with E-state index in [0.29, 0.717) is 6.08 Å². The zero-order valence-electron chi connectivity index (χ0n) is 77.3. The highest BCUT2D eigenvalue weighted by Gasteiger charge is 2.67. The number of aliphatic hydroxyl groups excluding tert-OH is 35. The van der Waals surface area contributed by atoms with Gasteiger partial charge in [0.15, 0.2) is 62.7 Å². The van der Waals surface area contributed by atoms with Gasteiger partial charge >= 0.3 is 25.7 Å². The van der Waals surface area contributed by atoms with E-state index in [1.165, 1.54) is 0 Å². The zero-order chi connectivity index (χ0) is 110. The second kappa shape index (κ2) is 51.8. The van der Waals surface area contributed by atoms with Crippen molar-refractivity contribution >= 4 is 25.7 Å². The van der Waals surface area contributed by atoms with Crippen molar-refractivity contribution in [3.63, 3.8) is 0 Å². The summed E-state index contributed by atoms with van der Waals surface area (Å²) in [7, 11) is -6.12. The van der Waals surface area contributed by atoms with Crippen LogP contribution in [0.1, 0.15) is 12.8 Å². The third-order valence-corrected chi connectivity index (χ3v) is 27.8. The first kappa shape index (κ1) is 123. The molecule has 45 N–H and O–H groups in total. The van der Waals surface area contributed by atoms with E-state index >= 15 is 0 Å². The molecule has 12 aliphatic heterocycles. The smallest absolute Gasteiger partial charge is 0.475 e. The van der Waals surface area contributed by atoms with Crippen LogP contribution in [0.15, 0.2) is 11.8 Å². The fraction of sp³-hybridized carbons (Fsp3) is 0.936. The van der Waals surface area contributed by atoms with Gasteiger partial charge in [0, 0.05) is 12.8 Å². The maximum Gasteiger partial charge on any atom is 0.475 e. The van der Waals surface area contributed by atoms with Gasteiger partial charge in [-0.05, 0) is 6.08 Å².